The SMILES string of the molecule is Cc1cc(NC(=O)NC(C)C(O)c2ccc(F)c(F)c2)ccn1. The van der Waals surface area contributed by atoms with Crippen LogP contribution in [0.25, 0.3) is 0 Å². The molecule has 1 heterocycles. The molecule has 0 aliphatic heterocycles. The Morgan fingerprint density at radius 1 is 1.22 bits per heavy atom. The summed E-state index contributed by atoms with van der Waals surface area (Å²) in [5.74, 6) is -2.04. The third-order valence-electron chi connectivity index (χ3n) is 3.27. The van der Waals surface area contributed by atoms with Crippen molar-refractivity contribution in [2.75, 3.05) is 5.32 Å². The zero-order valence-electron chi connectivity index (χ0n) is 12.7. The van der Waals surface area contributed by atoms with E-state index in [0.717, 1.165) is 17.8 Å². The average molecular weight is 321 g/mol. The van der Waals surface area contributed by atoms with Gasteiger partial charge in [0.1, 0.15) is 0 Å². The van der Waals surface area contributed by atoms with E-state index in [-0.39, 0.29) is 5.56 Å². The van der Waals surface area contributed by atoms with Gasteiger partial charge in [-0.25, -0.2) is 13.6 Å². The summed E-state index contributed by atoms with van der Waals surface area (Å²) >= 11 is 0. The molecule has 2 amide bonds. The van der Waals surface area contributed by atoms with Crippen LogP contribution in [0.2, 0.25) is 0 Å². The standard InChI is InChI=1S/C16H17F2N3O2/c1-9-7-12(5-6-19-9)21-16(23)20-10(2)15(22)11-3-4-13(17)14(18)8-11/h3-8,10,15,22H,1-2H3,(H2,19,20,21,23). The Bertz CT molecular complexity index is 709. The number of carbonyl (C=O) groups excluding carboxylic acids is 1. The van der Waals surface area contributed by atoms with Crippen LogP contribution in [0.1, 0.15) is 24.3 Å². The highest BCUT2D eigenvalue weighted by molar-refractivity contribution is 5.89. The second-order valence-electron chi connectivity index (χ2n) is 5.19. The number of nitrogens with zero attached hydrogens (tertiary/aromatic N) is 1. The van der Waals surface area contributed by atoms with Crippen LogP contribution in [-0.2, 0) is 0 Å². The molecule has 122 valence electrons. The average Bonchev–Trinajstić information content (AvgIpc) is 2.49. The number of urea groups is 1. The number of hydrogen-bond donors (Lipinski definition) is 3. The lowest BCUT2D eigenvalue weighted by Crippen LogP contribution is -2.39. The predicted molar refractivity (Wildman–Crippen MR) is 81.9 cm³/mol. The number of hydrogen-bond acceptors (Lipinski definition) is 3. The van der Waals surface area contributed by atoms with Gasteiger partial charge in [0.25, 0.3) is 0 Å². The van der Waals surface area contributed by atoms with Crippen LogP contribution in [0.3, 0.4) is 0 Å². The van der Waals surface area contributed by atoms with E-state index in [1.807, 2.05) is 0 Å². The fourth-order valence-electron chi connectivity index (χ4n) is 2.06. The molecule has 2 atom stereocenters. The van der Waals surface area contributed by atoms with Crippen molar-refractivity contribution < 1.29 is 18.7 Å². The van der Waals surface area contributed by atoms with Gasteiger partial charge in [0.05, 0.1) is 12.1 Å². The molecule has 7 heteroatoms. The molecule has 3 N–H and O–H groups in total. The molecule has 0 saturated carbocycles. The van der Waals surface area contributed by atoms with E-state index in [0.29, 0.717) is 5.69 Å². The fourth-order valence-corrected chi connectivity index (χ4v) is 2.06. The lowest BCUT2D eigenvalue weighted by molar-refractivity contribution is 0.138. The van der Waals surface area contributed by atoms with Gasteiger partial charge in [-0.15, -0.1) is 0 Å². The molecule has 23 heavy (non-hydrogen) atoms. The van der Waals surface area contributed by atoms with Crippen LogP contribution in [0, 0.1) is 18.6 Å². The van der Waals surface area contributed by atoms with Crippen molar-refractivity contribution in [1.29, 1.82) is 0 Å². The molecule has 1 aromatic carbocycles. The molecule has 5 nitrogen and oxygen atoms in total. The van der Waals surface area contributed by atoms with E-state index < -0.39 is 29.8 Å². The first-order valence-electron chi connectivity index (χ1n) is 7.00. The van der Waals surface area contributed by atoms with Crippen LogP contribution in [0.5, 0.6) is 0 Å². The topological polar surface area (TPSA) is 74.2 Å². The van der Waals surface area contributed by atoms with Crippen molar-refractivity contribution in [3.63, 3.8) is 0 Å². The Hall–Kier alpha value is -2.54. The number of aliphatic hydroxyl groups excluding tert-OH is 1. The number of amides is 2. The van der Waals surface area contributed by atoms with Crippen molar-refractivity contribution in [2.24, 2.45) is 0 Å². The molecule has 2 rings (SSSR count). The van der Waals surface area contributed by atoms with Gasteiger partial charge < -0.3 is 15.7 Å². The van der Waals surface area contributed by atoms with Crippen molar-refractivity contribution >= 4 is 11.7 Å². The minimum Gasteiger partial charge on any atom is -0.386 e. The highest BCUT2D eigenvalue weighted by Gasteiger charge is 2.19. The first kappa shape index (κ1) is 16.8. The van der Waals surface area contributed by atoms with Gasteiger partial charge in [0, 0.05) is 17.6 Å². The Kier molecular flexibility index (Phi) is 5.23. The van der Waals surface area contributed by atoms with Crippen LogP contribution in [0.4, 0.5) is 19.3 Å². The molecule has 0 fully saturated rings. The van der Waals surface area contributed by atoms with Gasteiger partial charge in [-0.2, -0.15) is 0 Å². The second-order valence-corrected chi connectivity index (χ2v) is 5.19. The summed E-state index contributed by atoms with van der Waals surface area (Å²) in [5, 5.41) is 15.3. The van der Waals surface area contributed by atoms with Gasteiger partial charge >= 0.3 is 6.03 Å². The first-order chi connectivity index (χ1) is 10.9. The Balaban J connectivity index is 1.98. The number of aromatic nitrogens is 1. The number of benzene rings is 1. The number of rotatable bonds is 4. The zero-order chi connectivity index (χ0) is 17.0. The lowest BCUT2D eigenvalue weighted by Gasteiger charge is -2.21. The monoisotopic (exact) mass is 321 g/mol. The van der Waals surface area contributed by atoms with E-state index in [1.165, 1.54) is 6.07 Å². The highest BCUT2D eigenvalue weighted by Crippen LogP contribution is 2.19. The number of pyridine rings is 1. The summed E-state index contributed by atoms with van der Waals surface area (Å²) < 4.78 is 26.1. The normalized spacial score (nSPS) is 13.3. The molecule has 0 aliphatic carbocycles. The molecular weight excluding hydrogens is 304 g/mol. The number of anilines is 1. The molecule has 0 saturated heterocycles. The van der Waals surface area contributed by atoms with Crippen molar-refractivity contribution in [3.8, 4) is 0 Å². The summed E-state index contributed by atoms with van der Waals surface area (Å²) in [4.78, 5) is 15.9. The van der Waals surface area contributed by atoms with Gasteiger partial charge in [0.2, 0.25) is 0 Å². The van der Waals surface area contributed by atoms with Gasteiger partial charge in [-0.3, -0.25) is 4.98 Å². The highest BCUT2D eigenvalue weighted by atomic mass is 19.2. The quantitative estimate of drug-likeness (QED) is 0.810. The summed E-state index contributed by atoms with van der Waals surface area (Å²) in [6.07, 6.45) is 0.389. The van der Waals surface area contributed by atoms with Gasteiger partial charge in [-0.05, 0) is 43.7 Å². The van der Waals surface area contributed by atoms with E-state index in [1.54, 1.807) is 32.2 Å². The molecule has 0 radical (unpaired) electrons. The van der Waals surface area contributed by atoms with Crippen molar-refractivity contribution in [3.05, 3.63) is 59.4 Å². The predicted octanol–water partition coefficient (Wildman–Crippen LogP) is 2.91. The summed E-state index contributed by atoms with van der Waals surface area (Å²) in [6.45, 7) is 3.35. The smallest absolute Gasteiger partial charge is 0.319 e. The minimum atomic E-state index is -1.17. The first-order valence-corrected chi connectivity index (χ1v) is 7.00. The number of aryl methyl sites for hydroxylation is 1. The Morgan fingerprint density at radius 3 is 2.61 bits per heavy atom. The zero-order valence-corrected chi connectivity index (χ0v) is 12.7. The summed E-state index contributed by atoms with van der Waals surface area (Å²) in [5.41, 5.74) is 1.48. The lowest BCUT2D eigenvalue weighted by atomic mass is 10.0. The third kappa shape index (κ3) is 4.46. The molecule has 1 aromatic heterocycles. The van der Waals surface area contributed by atoms with Crippen LogP contribution in [-0.4, -0.2) is 22.2 Å². The van der Waals surface area contributed by atoms with Gasteiger partial charge in [-0.1, -0.05) is 6.07 Å². The number of aliphatic hydroxyl groups is 1. The van der Waals surface area contributed by atoms with E-state index in [4.69, 9.17) is 0 Å². The maximum atomic E-state index is 13.2. The minimum absolute atomic E-state index is 0.177. The maximum absolute atomic E-state index is 13.2. The molecule has 0 bridgehead atoms. The van der Waals surface area contributed by atoms with Crippen LogP contribution in [0.15, 0.2) is 36.5 Å². The Morgan fingerprint density at radius 2 is 1.96 bits per heavy atom. The van der Waals surface area contributed by atoms with E-state index in [9.17, 15) is 18.7 Å². The third-order valence-corrected chi connectivity index (χ3v) is 3.27. The Labute approximate surface area is 132 Å². The molecular formula is C16H17F2N3O2. The number of nitrogens with one attached hydrogen (secondary N) is 2. The second kappa shape index (κ2) is 7.15. The van der Waals surface area contributed by atoms with E-state index >= 15 is 0 Å². The number of carbonyl (C=O) groups is 1. The van der Waals surface area contributed by atoms with Crippen LogP contribution < -0.4 is 10.6 Å². The number of halogens is 2. The molecule has 2 aromatic rings. The van der Waals surface area contributed by atoms with Crippen molar-refractivity contribution in [2.45, 2.75) is 26.0 Å². The van der Waals surface area contributed by atoms with Crippen molar-refractivity contribution in [1.82, 2.24) is 10.3 Å². The fraction of sp³-hybridized carbons (Fsp3) is 0.250. The summed E-state index contributed by atoms with van der Waals surface area (Å²) in [7, 11) is 0. The van der Waals surface area contributed by atoms with E-state index in [2.05, 4.69) is 15.6 Å². The largest absolute Gasteiger partial charge is 0.386 e. The maximum Gasteiger partial charge on any atom is 0.319 e. The van der Waals surface area contributed by atoms with Crippen LogP contribution >= 0.6 is 0 Å². The molecule has 0 aliphatic rings. The molecule has 2 unspecified atom stereocenters. The summed E-state index contributed by atoms with van der Waals surface area (Å²) in [6, 6.07) is 5.19. The van der Waals surface area contributed by atoms with Gasteiger partial charge in [0.15, 0.2) is 11.6 Å². The molecule has 0 spiro atoms.